The molecule has 0 heterocycles. The molecule has 0 saturated carbocycles. The van der Waals surface area contributed by atoms with E-state index < -0.39 is 5.97 Å². The first kappa shape index (κ1) is 32.5. The Morgan fingerprint density at radius 3 is 1.48 bits per heavy atom. The Labute approximate surface area is 151 Å². The topological polar surface area (TPSA) is 46.6 Å². The highest BCUT2D eigenvalue weighted by atomic mass is 35.5. The lowest BCUT2D eigenvalue weighted by Gasteiger charge is -2.03. The van der Waals surface area contributed by atoms with Gasteiger partial charge in [-0.25, -0.2) is 9.15 Å². The Balaban J connectivity index is -0.0000000933. The molecule has 5 nitrogen and oxygen atoms in total. The molecule has 1 N–H and O–H groups in total. The van der Waals surface area contributed by atoms with Gasteiger partial charge in [-0.1, -0.05) is 0 Å². The Morgan fingerprint density at radius 2 is 1.33 bits per heavy atom. The van der Waals surface area contributed by atoms with Crippen LogP contribution in [0.1, 0.15) is 0 Å². The summed E-state index contributed by atoms with van der Waals surface area (Å²) in [4.78, 5) is 11.3. The van der Waals surface area contributed by atoms with Crippen molar-refractivity contribution in [2.75, 3.05) is 48.2 Å². The second kappa shape index (κ2) is 19.5. The maximum absolute atomic E-state index is 9.24. The van der Waals surface area contributed by atoms with Gasteiger partial charge in [0.2, 0.25) is 0 Å². The van der Waals surface area contributed by atoms with Crippen molar-refractivity contribution < 1.29 is 56.3 Å². The van der Waals surface area contributed by atoms with Gasteiger partial charge in [-0.3, -0.25) is 4.79 Å². The summed E-state index contributed by atoms with van der Waals surface area (Å²) in [5.74, 6) is -1.29. The number of nitrogens with zero attached hydrogens (tertiary/aromatic N) is 3. The summed E-state index contributed by atoms with van der Waals surface area (Å²) < 4.78 is 4.07. The molecule has 0 radical (unpaired) electrons. The lowest BCUT2D eigenvalue weighted by molar-refractivity contribution is -0.462. The van der Waals surface area contributed by atoms with Crippen LogP contribution in [0, 0.1) is 0 Å². The molecule has 9 heteroatoms. The molecule has 0 aliphatic heterocycles. The Kier molecular flexibility index (Phi) is 30.2. The number of carboxylic acid groups (broad SMARTS) is 1. The summed E-state index contributed by atoms with van der Waals surface area (Å²) in [5, 5.41) is 7.59. The number of alkyl halides is 1. The van der Waals surface area contributed by atoms with Gasteiger partial charge < -0.3 is 47.2 Å². The van der Waals surface area contributed by atoms with Gasteiger partial charge in [0.15, 0.2) is 12.4 Å². The fourth-order valence-electron chi connectivity index (χ4n) is 0.994. The summed E-state index contributed by atoms with van der Waals surface area (Å²) in [7, 11) is 12.1. The molecule has 0 aliphatic carbocycles. The molecule has 0 atom stereocenters. The van der Waals surface area contributed by atoms with E-state index >= 15 is 0 Å². The summed E-state index contributed by atoms with van der Waals surface area (Å²) >= 11 is 4.74. The number of allylic oxidation sites excluding steroid dienone is 1. The number of hydrogen-bond donors (Lipinski definition) is 1. The fraction of sp³-hybridized carbons (Fsp3) is 0.583. The third-order valence-electron chi connectivity index (χ3n) is 1.34. The Bertz CT molecular complexity index is 328. The van der Waals surface area contributed by atoms with Crippen LogP contribution in [0.2, 0.25) is 0 Å². The summed E-state index contributed by atoms with van der Waals surface area (Å²) in [5.41, 5.74) is 1.18. The first-order valence-electron chi connectivity index (χ1n) is 5.37. The standard InChI is InChI=1S/C10H21N3.C2H3ClO2.3ClH/c1-11(2)7-10(8-12(3)4)9-13(5)6;3-1-2(4)5;;;/h7-9H,1-6H3;1H2,(H,4,5);3*1H/q+2;;;;/p-3. The molecular weight excluding hydrogens is 360 g/mol. The van der Waals surface area contributed by atoms with E-state index in [9.17, 15) is 4.79 Å². The number of halogens is 4. The zero-order valence-electron chi connectivity index (χ0n) is 13.1. The second-order valence-electron chi connectivity index (χ2n) is 4.31. The average molecular weight is 384 g/mol. The highest BCUT2D eigenvalue weighted by Gasteiger charge is 1.99. The van der Waals surface area contributed by atoms with Crippen LogP contribution in [0.25, 0.3) is 0 Å². The number of carboxylic acids is 1. The minimum absolute atomic E-state index is 0. The van der Waals surface area contributed by atoms with E-state index in [2.05, 4.69) is 18.6 Å². The minimum Gasteiger partial charge on any atom is -1.00 e. The number of carbonyl (C=O) groups is 1. The highest BCUT2D eigenvalue weighted by Crippen LogP contribution is 1.87. The van der Waals surface area contributed by atoms with Crippen molar-refractivity contribution in [1.29, 1.82) is 0 Å². The molecule has 0 bridgehead atoms. The maximum Gasteiger partial charge on any atom is 0.318 e. The molecule has 0 aliphatic rings. The molecule has 0 saturated heterocycles. The van der Waals surface area contributed by atoms with Gasteiger partial charge >= 0.3 is 5.97 Å². The lowest BCUT2D eigenvalue weighted by Crippen LogP contribution is -3.00. The van der Waals surface area contributed by atoms with Crippen molar-refractivity contribution in [2.45, 2.75) is 0 Å². The Hall–Kier alpha value is -0.490. The quantitative estimate of drug-likeness (QED) is 0.298. The van der Waals surface area contributed by atoms with Gasteiger partial charge in [0.25, 0.3) is 0 Å². The van der Waals surface area contributed by atoms with E-state index in [1.807, 2.05) is 56.3 Å². The SMILES string of the molecule is CN(C)C=C(C=[N+](C)C)C=[N+](C)C.O=C(O)CCl.[Cl-].[Cl-].[Cl-]. The molecular formula is C12H24Cl4N3O2-. The number of hydrogen-bond acceptors (Lipinski definition) is 2. The van der Waals surface area contributed by atoms with Crippen LogP contribution in [0.15, 0.2) is 11.8 Å². The van der Waals surface area contributed by atoms with E-state index in [1.54, 1.807) is 0 Å². The van der Waals surface area contributed by atoms with E-state index in [0.29, 0.717) is 0 Å². The van der Waals surface area contributed by atoms with Gasteiger partial charge in [0, 0.05) is 20.3 Å². The third-order valence-corrected chi connectivity index (χ3v) is 1.56. The van der Waals surface area contributed by atoms with Crippen molar-refractivity contribution in [2.24, 2.45) is 0 Å². The van der Waals surface area contributed by atoms with E-state index in [0.717, 1.165) is 0 Å². The van der Waals surface area contributed by atoms with Crippen LogP contribution in [-0.4, -0.2) is 85.7 Å². The number of aliphatic carboxylic acids is 1. The first-order chi connectivity index (χ1) is 8.18. The molecule has 0 aromatic carbocycles. The van der Waals surface area contributed by atoms with Crippen LogP contribution >= 0.6 is 11.6 Å². The molecule has 0 rings (SSSR count). The zero-order valence-corrected chi connectivity index (χ0v) is 16.2. The van der Waals surface area contributed by atoms with E-state index in [-0.39, 0.29) is 43.1 Å². The van der Waals surface area contributed by atoms with Gasteiger partial charge in [-0.15, -0.1) is 11.6 Å². The predicted molar refractivity (Wildman–Crippen MR) is 76.5 cm³/mol. The molecule has 0 amide bonds. The van der Waals surface area contributed by atoms with Gasteiger partial charge in [-0.2, -0.15) is 0 Å². The van der Waals surface area contributed by atoms with Gasteiger partial charge in [0.05, 0.1) is 0 Å². The maximum atomic E-state index is 9.24. The molecule has 0 aromatic heterocycles. The molecule has 0 fully saturated rings. The smallest absolute Gasteiger partial charge is 0.318 e. The summed E-state index contributed by atoms with van der Waals surface area (Å²) in [6.07, 6.45) is 6.25. The van der Waals surface area contributed by atoms with Crippen LogP contribution in [0.4, 0.5) is 0 Å². The van der Waals surface area contributed by atoms with Crippen LogP contribution < -0.4 is 37.2 Å². The molecule has 128 valence electrons. The third kappa shape index (κ3) is 32.8. The molecule has 0 spiro atoms. The van der Waals surface area contributed by atoms with Crippen LogP contribution in [-0.2, 0) is 4.79 Å². The van der Waals surface area contributed by atoms with Crippen molar-refractivity contribution >= 4 is 30.0 Å². The summed E-state index contributed by atoms with van der Waals surface area (Å²) in [6.45, 7) is 0. The average Bonchev–Trinajstić information content (AvgIpc) is 2.14. The molecule has 0 aromatic rings. The Morgan fingerprint density at radius 1 is 1.05 bits per heavy atom. The van der Waals surface area contributed by atoms with Crippen LogP contribution in [0.5, 0.6) is 0 Å². The van der Waals surface area contributed by atoms with Crippen molar-refractivity contribution in [1.82, 2.24) is 4.90 Å². The van der Waals surface area contributed by atoms with E-state index in [4.69, 9.17) is 16.7 Å². The van der Waals surface area contributed by atoms with Crippen molar-refractivity contribution in [3.63, 3.8) is 0 Å². The monoisotopic (exact) mass is 382 g/mol. The van der Waals surface area contributed by atoms with Crippen LogP contribution in [0.3, 0.4) is 0 Å². The first-order valence-corrected chi connectivity index (χ1v) is 5.91. The largest absolute Gasteiger partial charge is 1.00 e. The molecule has 0 unspecified atom stereocenters. The fourth-order valence-corrected chi connectivity index (χ4v) is 0.994. The molecule has 21 heavy (non-hydrogen) atoms. The van der Waals surface area contributed by atoms with Gasteiger partial charge in [0.1, 0.15) is 39.6 Å². The minimum atomic E-state index is -0.980. The lowest BCUT2D eigenvalue weighted by atomic mass is 10.3. The predicted octanol–water partition coefficient (Wildman–Crippen LogP) is -8.56. The van der Waals surface area contributed by atoms with Crippen molar-refractivity contribution in [3.05, 3.63) is 11.8 Å². The number of rotatable bonds is 4. The van der Waals surface area contributed by atoms with Crippen molar-refractivity contribution in [3.8, 4) is 0 Å². The second-order valence-corrected chi connectivity index (χ2v) is 4.57. The normalized spacial score (nSPS) is 7.19. The highest BCUT2D eigenvalue weighted by molar-refractivity contribution is 6.26. The summed E-state index contributed by atoms with van der Waals surface area (Å²) in [6, 6.07) is 0. The zero-order chi connectivity index (χ0) is 14.7. The van der Waals surface area contributed by atoms with E-state index in [1.165, 1.54) is 5.57 Å². The van der Waals surface area contributed by atoms with Gasteiger partial charge in [-0.05, 0) is 0 Å².